The molecule has 0 aromatic heterocycles. The molecule has 4 heteroatoms. The molecule has 17 heavy (non-hydrogen) atoms. The van der Waals surface area contributed by atoms with Crippen LogP contribution in [0, 0.1) is 11.7 Å². The Labute approximate surface area is 101 Å². The lowest BCUT2D eigenvalue weighted by atomic mass is 10.1. The summed E-state index contributed by atoms with van der Waals surface area (Å²) in [5.41, 5.74) is 0.225. The Bertz CT molecular complexity index is 366. The van der Waals surface area contributed by atoms with Gasteiger partial charge in [-0.25, -0.2) is 4.39 Å². The van der Waals surface area contributed by atoms with E-state index >= 15 is 0 Å². The van der Waals surface area contributed by atoms with Gasteiger partial charge >= 0.3 is 0 Å². The summed E-state index contributed by atoms with van der Waals surface area (Å²) in [5.74, 6) is -0.0287. The van der Waals surface area contributed by atoms with Crippen molar-refractivity contribution >= 4 is 11.6 Å². The SMILES string of the molecule is CC(C)CCNCC(=O)Nc1ccccc1F. The van der Waals surface area contributed by atoms with Gasteiger partial charge in [0, 0.05) is 0 Å². The Kier molecular flexibility index (Phi) is 5.63. The Morgan fingerprint density at radius 2 is 2.06 bits per heavy atom. The van der Waals surface area contributed by atoms with Gasteiger partial charge in [0.15, 0.2) is 0 Å². The molecule has 1 aromatic carbocycles. The van der Waals surface area contributed by atoms with Gasteiger partial charge in [-0.2, -0.15) is 0 Å². The van der Waals surface area contributed by atoms with Gasteiger partial charge in [0.1, 0.15) is 5.82 Å². The molecule has 0 saturated heterocycles. The van der Waals surface area contributed by atoms with Crippen LogP contribution in [0.3, 0.4) is 0 Å². The standard InChI is InChI=1S/C13H19FN2O/c1-10(2)7-8-15-9-13(17)16-12-6-4-3-5-11(12)14/h3-6,10,15H,7-9H2,1-2H3,(H,16,17). The molecule has 0 spiro atoms. The summed E-state index contributed by atoms with van der Waals surface area (Å²) in [6.07, 6.45) is 1.02. The fraction of sp³-hybridized carbons (Fsp3) is 0.462. The summed E-state index contributed by atoms with van der Waals surface area (Å²) in [5, 5.41) is 5.54. The third-order valence-corrected chi connectivity index (χ3v) is 2.33. The quantitative estimate of drug-likeness (QED) is 0.747. The second kappa shape index (κ2) is 7.01. The van der Waals surface area contributed by atoms with Gasteiger partial charge in [-0.05, 0) is 31.0 Å². The van der Waals surface area contributed by atoms with E-state index in [1.165, 1.54) is 6.07 Å². The monoisotopic (exact) mass is 238 g/mol. The van der Waals surface area contributed by atoms with Crippen molar-refractivity contribution in [3.05, 3.63) is 30.1 Å². The second-order valence-electron chi connectivity index (χ2n) is 4.39. The number of carbonyl (C=O) groups excluding carboxylic acids is 1. The molecule has 1 rings (SSSR count). The number of hydrogen-bond donors (Lipinski definition) is 2. The van der Waals surface area contributed by atoms with Crippen LogP contribution in [0.25, 0.3) is 0 Å². The molecular formula is C13H19FN2O. The summed E-state index contributed by atoms with van der Waals surface area (Å²) in [6.45, 7) is 5.26. The summed E-state index contributed by atoms with van der Waals surface area (Å²) in [7, 11) is 0. The Balaban J connectivity index is 2.28. The minimum Gasteiger partial charge on any atom is -0.322 e. The zero-order valence-electron chi connectivity index (χ0n) is 10.3. The normalized spacial score (nSPS) is 10.6. The average Bonchev–Trinajstić information content (AvgIpc) is 2.27. The zero-order chi connectivity index (χ0) is 12.7. The van der Waals surface area contributed by atoms with Gasteiger partial charge in [-0.15, -0.1) is 0 Å². The van der Waals surface area contributed by atoms with E-state index in [1.807, 2.05) is 0 Å². The highest BCUT2D eigenvalue weighted by atomic mass is 19.1. The smallest absolute Gasteiger partial charge is 0.238 e. The first-order valence-corrected chi connectivity index (χ1v) is 5.84. The number of rotatable bonds is 6. The molecule has 0 fully saturated rings. The van der Waals surface area contributed by atoms with Crippen molar-refractivity contribution in [1.82, 2.24) is 5.32 Å². The van der Waals surface area contributed by atoms with Crippen molar-refractivity contribution in [2.24, 2.45) is 5.92 Å². The van der Waals surface area contributed by atoms with E-state index in [0.29, 0.717) is 5.92 Å². The van der Waals surface area contributed by atoms with Crippen LogP contribution >= 0.6 is 0 Å². The number of hydrogen-bond acceptors (Lipinski definition) is 2. The first-order valence-electron chi connectivity index (χ1n) is 5.84. The van der Waals surface area contributed by atoms with Crippen LogP contribution in [0.1, 0.15) is 20.3 Å². The number of anilines is 1. The highest BCUT2D eigenvalue weighted by molar-refractivity contribution is 5.92. The van der Waals surface area contributed by atoms with E-state index in [1.54, 1.807) is 18.2 Å². The van der Waals surface area contributed by atoms with Crippen molar-refractivity contribution < 1.29 is 9.18 Å². The van der Waals surface area contributed by atoms with Gasteiger partial charge in [0.25, 0.3) is 0 Å². The van der Waals surface area contributed by atoms with Crippen LogP contribution < -0.4 is 10.6 Å². The molecule has 0 radical (unpaired) electrons. The fourth-order valence-corrected chi connectivity index (χ4v) is 1.35. The highest BCUT2D eigenvalue weighted by Crippen LogP contribution is 2.11. The zero-order valence-corrected chi connectivity index (χ0v) is 10.3. The van der Waals surface area contributed by atoms with Crippen LogP contribution in [0.2, 0.25) is 0 Å². The number of nitrogens with one attached hydrogen (secondary N) is 2. The highest BCUT2D eigenvalue weighted by Gasteiger charge is 2.05. The molecule has 0 unspecified atom stereocenters. The maximum absolute atomic E-state index is 13.2. The van der Waals surface area contributed by atoms with Crippen LogP contribution in [-0.4, -0.2) is 19.0 Å². The Morgan fingerprint density at radius 1 is 1.35 bits per heavy atom. The lowest BCUT2D eigenvalue weighted by Gasteiger charge is -2.08. The first-order chi connectivity index (χ1) is 8.09. The lowest BCUT2D eigenvalue weighted by molar-refractivity contribution is -0.115. The summed E-state index contributed by atoms with van der Waals surface area (Å²) >= 11 is 0. The van der Waals surface area contributed by atoms with Gasteiger partial charge in [0.2, 0.25) is 5.91 Å². The van der Waals surface area contributed by atoms with E-state index in [4.69, 9.17) is 0 Å². The number of halogens is 1. The molecule has 0 atom stereocenters. The number of carbonyl (C=O) groups is 1. The lowest BCUT2D eigenvalue weighted by Crippen LogP contribution is -2.29. The molecule has 0 aliphatic rings. The maximum Gasteiger partial charge on any atom is 0.238 e. The Morgan fingerprint density at radius 3 is 2.71 bits per heavy atom. The van der Waals surface area contributed by atoms with E-state index < -0.39 is 5.82 Å². The minimum atomic E-state index is -0.414. The molecule has 0 bridgehead atoms. The summed E-state index contributed by atoms with van der Waals surface area (Å²) < 4.78 is 13.2. The molecule has 1 amide bonds. The van der Waals surface area contributed by atoms with Crippen molar-refractivity contribution in [1.29, 1.82) is 0 Å². The first kappa shape index (κ1) is 13.6. The molecular weight excluding hydrogens is 219 g/mol. The van der Waals surface area contributed by atoms with Gasteiger partial charge < -0.3 is 10.6 Å². The molecule has 3 nitrogen and oxygen atoms in total. The summed E-state index contributed by atoms with van der Waals surface area (Å²) in [4.78, 5) is 11.5. The van der Waals surface area contributed by atoms with Crippen LogP contribution in [-0.2, 0) is 4.79 Å². The second-order valence-corrected chi connectivity index (χ2v) is 4.39. The fourth-order valence-electron chi connectivity index (χ4n) is 1.35. The third-order valence-electron chi connectivity index (χ3n) is 2.33. The molecule has 0 aliphatic heterocycles. The molecule has 1 aromatic rings. The molecule has 0 heterocycles. The van der Waals surface area contributed by atoms with Crippen molar-refractivity contribution in [3.8, 4) is 0 Å². The van der Waals surface area contributed by atoms with Gasteiger partial charge in [-0.3, -0.25) is 4.79 Å². The molecule has 2 N–H and O–H groups in total. The minimum absolute atomic E-state index is 0.209. The topological polar surface area (TPSA) is 41.1 Å². The van der Waals surface area contributed by atoms with Gasteiger partial charge in [0.05, 0.1) is 12.2 Å². The average molecular weight is 238 g/mol. The van der Waals surface area contributed by atoms with E-state index in [9.17, 15) is 9.18 Å². The van der Waals surface area contributed by atoms with Crippen LogP contribution in [0.5, 0.6) is 0 Å². The predicted octanol–water partition coefficient (Wildman–Crippen LogP) is 2.40. The Hall–Kier alpha value is -1.42. The van der Waals surface area contributed by atoms with Crippen molar-refractivity contribution in [2.45, 2.75) is 20.3 Å². The largest absolute Gasteiger partial charge is 0.322 e. The van der Waals surface area contributed by atoms with Crippen molar-refractivity contribution in [3.63, 3.8) is 0 Å². The van der Waals surface area contributed by atoms with Crippen LogP contribution in [0.4, 0.5) is 10.1 Å². The van der Waals surface area contributed by atoms with E-state index in [2.05, 4.69) is 24.5 Å². The summed E-state index contributed by atoms with van der Waals surface area (Å²) in [6, 6.07) is 6.14. The predicted molar refractivity (Wildman–Crippen MR) is 67.4 cm³/mol. The third kappa shape index (κ3) is 5.45. The van der Waals surface area contributed by atoms with Crippen LogP contribution in [0.15, 0.2) is 24.3 Å². The molecule has 0 saturated carbocycles. The van der Waals surface area contributed by atoms with E-state index in [0.717, 1.165) is 13.0 Å². The molecule has 0 aliphatic carbocycles. The number of benzene rings is 1. The van der Waals surface area contributed by atoms with Crippen molar-refractivity contribution in [2.75, 3.05) is 18.4 Å². The molecule has 94 valence electrons. The van der Waals surface area contributed by atoms with E-state index in [-0.39, 0.29) is 18.1 Å². The number of amides is 1. The van der Waals surface area contributed by atoms with Gasteiger partial charge in [-0.1, -0.05) is 26.0 Å². The number of para-hydroxylation sites is 1. The maximum atomic E-state index is 13.2.